The van der Waals surface area contributed by atoms with E-state index >= 15 is 0 Å². The number of benzene rings is 1. The Kier molecular flexibility index (Phi) is 5.01. The van der Waals surface area contributed by atoms with Gasteiger partial charge >= 0.3 is 0 Å². The molecule has 0 bridgehead atoms. The topological polar surface area (TPSA) is 21.3 Å². The number of ether oxygens (including phenoxy) is 1. The Hall–Kier alpha value is -1.02. The molecule has 1 unspecified atom stereocenters. The molecule has 0 heterocycles. The van der Waals surface area contributed by atoms with Gasteiger partial charge in [0.1, 0.15) is 12.4 Å². The van der Waals surface area contributed by atoms with Crippen molar-refractivity contribution in [3.05, 3.63) is 29.8 Å². The van der Waals surface area contributed by atoms with E-state index in [1.165, 1.54) is 5.56 Å². The molecule has 0 saturated heterocycles. The summed E-state index contributed by atoms with van der Waals surface area (Å²) in [6.07, 6.45) is 1.05. The van der Waals surface area contributed by atoms with Crippen LogP contribution in [-0.2, 0) is 6.42 Å². The van der Waals surface area contributed by atoms with Gasteiger partial charge in [0.25, 0.3) is 0 Å². The third-order valence-corrected chi connectivity index (χ3v) is 3.12. The van der Waals surface area contributed by atoms with Crippen LogP contribution in [0.1, 0.15) is 33.3 Å². The lowest BCUT2D eigenvalue weighted by Gasteiger charge is -2.30. The van der Waals surface area contributed by atoms with Crippen LogP contribution in [-0.4, -0.2) is 19.7 Å². The lowest BCUT2D eigenvalue weighted by molar-refractivity contribution is 0.181. The van der Waals surface area contributed by atoms with E-state index < -0.39 is 0 Å². The van der Waals surface area contributed by atoms with E-state index in [4.69, 9.17) is 4.74 Å². The van der Waals surface area contributed by atoms with Crippen LogP contribution in [0.4, 0.5) is 0 Å². The Labute approximate surface area is 105 Å². The number of aryl methyl sites for hydroxylation is 1. The van der Waals surface area contributed by atoms with Crippen LogP contribution in [0.2, 0.25) is 0 Å². The third kappa shape index (κ3) is 4.39. The minimum absolute atomic E-state index is 0.205. The summed E-state index contributed by atoms with van der Waals surface area (Å²) in [6, 6.07) is 8.68. The zero-order valence-corrected chi connectivity index (χ0v) is 11.7. The number of likely N-dealkylation sites (N-methyl/N-ethyl adjacent to an activating group) is 1. The SMILES string of the molecule is CCc1cccc(OCC(NC)C(C)(C)C)c1. The van der Waals surface area contributed by atoms with Gasteiger partial charge in [-0.15, -0.1) is 0 Å². The summed E-state index contributed by atoms with van der Waals surface area (Å²) in [5.41, 5.74) is 1.52. The summed E-state index contributed by atoms with van der Waals surface area (Å²) < 4.78 is 5.87. The molecule has 0 fully saturated rings. The first-order valence-electron chi connectivity index (χ1n) is 6.36. The first-order valence-corrected chi connectivity index (χ1v) is 6.36. The number of hydrogen-bond acceptors (Lipinski definition) is 2. The molecule has 1 aromatic carbocycles. The van der Waals surface area contributed by atoms with E-state index in [0.717, 1.165) is 12.2 Å². The highest BCUT2D eigenvalue weighted by atomic mass is 16.5. The van der Waals surface area contributed by atoms with Crippen molar-refractivity contribution in [3.63, 3.8) is 0 Å². The Morgan fingerprint density at radius 2 is 2.00 bits per heavy atom. The molecular formula is C15H25NO. The minimum Gasteiger partial charge on any atom is -0.492 e. The highest BCUT2D eigenvalue weighted by molar-refractivity contribution is 5.28. The highest BCUT2D eigenvalue weighted by Crippen LogP contribution is 2.21. The molecule has 0 radical (unpaired) electrons. The molecule has 2 nitrogen and oxygen atoms in total. The van der Waals surface area contributed by atoms with E-state index in [9.17, 15) is 0 Å². The van der Waals surface area contributed by atoms with Gasteiger partial charge in [-0.3, -0.25) is 0 Å². The van der Waals surface area contributed by atoms with E-state index in [0.29, 0.717) is 12.6 Å². The fourth-order valence-electron chi connectivity index (χ4n) is 1.80. The molecule has 96 valence electrons. The quantitative estimate of drug-likeness (QED) is 0.846. The Morgan fingerprint density at radius 1 is 1.29 bits per heavy atom. The second-order valence-electron chi connectivity index (χ2n) is 5.52. The third-order valence-electron chi connectivity index (χ3n) is 3.12. The van der Waals surface area contributed by atoms with E-state index in [1.807, 2.05) is 13.1 Å². The first kappa shape index (κ1) is 14.0. The van der Waals surface area contributed by atoms with Gasteiger partial charge in [-0.1, -0.05) is 39.8 Å². The zero-order chi connectivity index (χ0) is 12.9. The summed E-state index contributed by atoms with van der Waals surface area (Å²) in [7, 11) is 1.99. The molecule has 0 spiro atoms. The lowest BCUT2D eigenvalue weighted by Crippen LogP contribution is -2.42. The maximum Gasteiger partial charge on any atom is 0.119 e. The fraction of sp³-hybridized carbons (Fsp3) is 0.600. The minimum atomic E-state index is 0.205. The fourth-order valence-corrected chi connectivity index (χ4v) is 1.80. The summed E-state index contributed by atoms with van der Waals surface area (Å²) in [5.74, 6) is 0.967. The van der Waals surface area contributed by atoms with Crippen LogP contribution >= 0.6 is 0 Å². The maximum absolute atomic E-state index is 5.87. The molecule has 2 heteroatoms. The van der Waals surface area contributed by atoms with Gasteiger partial charge in [0, 0.05) is 6.04 Å². The van der Waals surface area contributed by atoms with Crippen molar-refractivity contribution in [2.24, 2.45) is 5.41 Å². The molecule has 1 atom stereocenters. The van der Waals surface area contributed by atoms with Crippen LogP contribution in [0.5, 0.6) is 5.75 Å². The van der Waals surface area contributed by atoms with Crippen molar-refractivity contribution in [2.45, 2.75) is 40.2 Å². The summed E-state index contributed by atoms with van der Waals surface area (Å²) >= 11 is 0. The Balaban J connectivity index is 2.59. The zero-order valence-electron chi connectivity index (χ0n) is 11.7. The van der Waals surface area contributed by atoms with Crippen LogP contribution in [0.25, 0.3) is 0 Å². The molecular weight excluding hydrogens is 210 g/mol. The van der Waals surface area contributed by atoms with Gasteiger partial charge in [0.15, 0.2) is 0 Å². The Morgan fingerprint density at radius 3 is 2.53 bits per heavy atom. The molecule has 1 N–H and O–H groups in total. The van der Waals surface area contributed by atoms with Crippen molar-refractivity contribution in [3.8, 4) is 5.75 Å². The van der Waals surface area contributed by atoms with Crippen LogP contribution in [0.3, 0.4) is 0 Å². The largest absolute Gasteiger partial charge is 0.492 e. The van der Waals surface area contributed by atoms with E-state index in [1.54, 1.807) is 0 Å². The average molecular weight is 235 g/mol. The molecule has 0 aliphatic heterocycles. The lowest BCUT2D eigenvalue weighted by atomic mass is 9.87. The van der Waals surface area contributed by atoms with Crippen molar-refractivity contribution in [1.29, 1.82) is 0 Å². The van der Waals surface area contributed by atoms with Crippen LogP contribution in [0, 0.1) is 5.41 Å². The molecule has 1 rings (SSSR count). The average Bonchev–Trinajstić information content (AvgIpc) is 2.28. The molecule has 0 aliphatic carbocycles. The number of nitrogens with one attached hydrogen (secondary N) is 1. The smallest absolute Gasteiger partial charge is 0.119 e. The second-order valence-corrected chi connectivity index (χ2v) is 5.52. The van der Waals surface area contributed by atoms with Crippen molar-refractivity contribution in [1.82, 2.24) is 5.32 Å². The van der Waals surface area contributed by atoms with E-state index in [2.05, 4.69) is 51.2 Å². The van der Waals surface area contributed by atoms with Gasteiger partial charge in [-0.25, -0.2) is 0 Å². The first-order chi connectivity index (χ1) is 7.97. The molecule has 0 aromatic heterocycles. The molecule has 1 aromatic rings. The van der Waals surface area contributed by atoms with Gasteiger partial charge < -0.3 is 10.1 Å². The van der Waals surface area contributed by atoms with Gasteiger partial charge in [0.2, 0.25) is 0 Å². The number of rotatable bonds is 5. The monoisotopic (exact) mass is 235 g/mol. The molecule has 0 amide bonds. The van der Waals surface area contributed by atoms with Gasteiger partial charge in [-0.05, 0) is 36.6 Å². The van der Waals surface area contributed by atoms with Gasteiger partial charge in [-0.2, -0.15) is 0 Å². The van der Waals surface area contributed by atoms with Crippen molar-refractivity contribution in [2.75, 3.05) is 13.7 Å². The highest BCUT2D eigenvalue weighted by Gasteiger charge is 2.23. The standard InChI is InChI=1S/C15H25NO/c1-6-12-8-7-9-13(10-12)17-11-14(16-5)15(2,3)4/h7-10,14,16H,6,11H2,1-5H3. The summed E-state index contributed by atoms with van der Waals surface area (Å²) in [4.78, 5) is 0. The molecule has 0 aliphatic rings. The Bertz CT molecular complexity index is 341. The van der Waals surface area contributed by atoms with Crippen LogP contribution in [0.15, 0.2) is 24.3 Å². The van der Waals surface area contributed by atoms with E-state index in [-0.39, 0.29) is 5.41 Å². The molecule has 17 heavy (non-hydrogen) atoms. The summed E-state index contributed by atoms with van der Waals surface area (Å²) in [5, 5.41) is 3.32. The predicted octanol–water partition coefficient (Wildman–Crippen LogP) is 3.26. The molecule has 0 saturated carbocycles. The number of hydrogen-bond donors (Lipinski definition) is 1. The summed E-state index contributed by atoms with van der Waals surface area (Å²) in [6.45, 7) is 9.53. The van der Waals surface area contributed by atoms with Crippen molar-refractivity contribution < 1.29 is 4.74 Å². The van der Waals surface area contributed by atoms with Crippen molar-refractivity contribution >= 4 is 0 Å². The second kappa shape index (κ2) is 6.06. The van der Waals surface area contributed by atoms with Gasteiger partial charge in [0.05, 0.1) is 0 Å². The normalized spacial score (nSPS) is 13.5. The van der Waals surface area contributed by atoms with Crippen LogP contribution < -0.4 is 10.1 Å². The maximum atomic E-state index is 5.87. The predicted molar refractivity (Wildman–Crippen MR) is 73.6 cm³/mol.